The Morgan fingerprint density at radius 2 is 1.93 bits per heavy atom. The predicted octanol–water partition coefficient (Wildman–Crippen LogP) is 0.765. The van der Waals surface area contributed by atoms with E-state index < -0.39 is 0 Å². The summed E-state index contributed by atoms with van der Waals surface area (Å²) in [5, 5.41) is 4.01. The zero-order valence-electron chi connectivity index (χ0n) is 8.64. The Balaban J connectivity index is 2.37. The standard InChI is InChI=1S/C10H12N4O/c1-8-11-13(2)10(15)14(8)12-9-6-4-3-5-7-9/h3-7,12H,1-2H3. The number of nitrogens with one attached hydrogen (secondary N) is 1. The van der Waals surface area contributed by atoms with Gasteiger partial charge in [0.1, 0.15) is 0 Å². The maximum Gasteiger partial charge on any atom is 0.364 e. The first-order chi connectivity index (χ1) is 7.18. The Bertz CT molecular complexity index is 512. The summed E-state index contributed by atoms with van der Waals surface area (Å²) in [5.41, 5.74) is 3.66. The van der Waals surface area contributed by atoms with Crippen LogP contribution in [0.15, 0.2) is 35.1 Å². The second-order valence-electron chi connectivity index (χ2n) is 3.27. The average Bonchev–Trinajstić information content (AvgIpc) is 2.47. The molecule has 0 amide bonds. The Kier molecular flexibility index (Phi) is 2.29. The van der Waals surface area contributed by atoms with Gasteiger partial charge in [0.2, 0.25) is 0 Å². The largest absolute Gasteiger partial charge is 0.364 e. The van der Waals surface area contributed by atoms with Crippen LogP contribution in [0.4, 0.5) is 5.69 Å². The number of anilines is 1. The molecule has 1 N–H and O–H groups in total. The fraction of sp³-hybridized carbons (Fsp3) is 0.200. The molecule has 15 heavy (non-hydrogen) atoms. The lowest BCUT2D eigenvalue weighted by Crippen LogP contribution is -2.28. The van der Waals surface area contributed by atoms with Gasteiger partial charge in [-0.05, 0) is 19.1 Å². The van der Waals surface area contributed by atoms with Crippen molar-refractivity contribution < 1.29 is 0 Å². The molecule has 0 saturated heterocycles. The van der Waals surface area contributed by atoms with Crippen LogP contribution >= 0.6 is 0 Å². The first-order valence-corrected chi connectivity index (χ1v) is 4.63. The smallest absolute Gasteiger partial charge is 0.289 e. The molecule has 0 aliphatic heterocycles. The van der Waals surface area contributed by atoms with E-state index in [-0.39, 0.29) is 5.69 Å². The van der Waals surface area contributed by atoms with Crippen molar-refractivity contribution in [1.29, 1.82) is 0 Å². The highest BCUT2D eigenvalue weighted by Gasteiger charge is 2.05. The summed E-state index contributed by atoms with van der Waals surface area (Å²) in [6.45, 7) is 1.78. The third-order valence-electron chi connectivity index (χ3n) is 2.10. The summed E-state index contributed by atoms with van der Waals surface area (Å²) in [4.78, 5) is 11.6. The second kappa shape index (κ2) is 3.61. The fourth-order valence-electron chi connectivity index (χ4n) is 1.36. The zero-order valence-corrected chi connectivity index (χ0v) is 8.64. The van der Waals surface area contributed by atoms with E-state index in [0.29, 0.717) is 5.82 Å². The highest BCUT2D eigenvalue weighted by Crippen LogP contribution is 2.04. The van der Waals surface area contributed by atoms with Gasteiger partial charge in [-0.25, -0.2) is 9.48 Å². The topological polar surface area (TPSA) is 51.9 Å². The fourth-order valence-corrected chi connectivity index (χ4v) is 1.36. The lowest BCUT2D eigenvalue weighted by Gasteiger charge is -2.05. The molecule has 5 nitrogen and oxygen atoms in total. The number of nitrogens with zero attached hydrogens (tertiary/aromatic N) is 3. The summed E-state index contributed by atoms with van der Waals surface area (Å²) in [6.07, 6.45) is 0. The van der Waals surface area contributed by atoms with Gasteiger partial charge in [0.25, 0.3) is 0 Å². The Hall–Kier alpha value is -2.04. The van der Waals surface area contributed by atoms with Crippen molar-refractivity contribution in [2.45, 2.75) is 6.92 Å². The van der Waals surface area contributed by atoms with E-state index in [1.165, 1.54) is 9.36 Å². The molecule has 0 aliphatic rings. The van der Waals surface area contributed by atoms with Crippen LogP contribution in [0, 0.1) is 6.92 Å². The van der Waals surface area contributed by atoms with Crippen LogP contribution < -0.4 is 11.1 Å². The van der Waals surface area contributed by atoms with Gasteiger partial charge in [-0.3, -0.25) is 5.43 Å². The number of hydrogen-bond donors (Lipinski definition) is 1. The molecule has 0 atom stereocenters. The minimum Gasteiger partial charge on any atom is -0.289 e. The molecule has 5 heteroatoms. The van der Waals surface area contributed by atoms with Crippen LogP contribution in [0.25, 0.3) is 0 Å². The van der Waals surface area contributed by atoms with Gasteiger partial charge < -0.3 is 0 Å². The lowest BCUT2D eigenvalue weighted by atomic mass is 10.3. The lowest BCUT2D eigenvalue weighted by molar-refractivity contribution is 0.718. The van der Waals surface area contributed by atoms with Crippen molar-refractivity contribution in [2.75, 3.05) is 5.43 Å². The maximum atomic E-state index is 11.6. The number of rotatable bonds is 2. The van der Waals surface area contributed by atoms with Crippen molar-refractivity contribution >= 4 is 5.69 Å². The van der Waals surface area contributed by atoms with Crippen LogP contribution in [-0.4, -0.2) is 14.5 Å². The van der Waals surface area contributed by atoms with E-state index in [9.17, 15) is 4.79 Å². The van der Waals surface area contributed by atoms with Crippen molar-refractivity contribution in [2.24, 2.45) is 7.05 Å². The van der Waals surface area contributed by atoms with E-state index >= 15 is 0 Å². The molecule has 1 heterocycles. The molecule has 0 spiro atoms. The first kappa shape index (κ1) is 9.51. The van der Waals surface area contributed by atoms with Crippen LogP contribution in [0.5, 0.6) is 0 Å². The number of hydrogen-bond acceptors (Lipinski definition) is 3. The molecule has 0 saturated carbocycles. The van der Waals surface area contributed by atoms with Gasteiger partial charge in [-0.1, -0.05) is 18.2 Å². The van der Waals surface area contributed by atoms with Gasteiger partial charge in [0.15, 0.2) is 5.82 Å². The molecular formula is C10H12N4O. The number of aromatic nitrogens is 3. The molecule has 1 aromatic heterocycles. The molecule has 0 bridgehead atoms. The van der Waals surface area contributed by atoms with Crippen molar-refractivity contribution in [3.8, 4) is 0 Å². The van der Waals surface area contributed by atoms with Gasteiger partial charge in [-0.15, -0.1) is 0 Å². The highest BCUT2D eigenvalue weighted by atomic mass is 16.2. The van der Waals surface area contributed by atoms with Crippen LogP contribution in [0.2, 0.25) is 0 Å². The van der Waals surface area contributed by atoms with Gasteiger partial charge in [0, 0.05) is 7.05 Å². The van der Waals surface area contributed by atoms with E-state index in [1.807, 2.05) is 30.3 Å². The van der Waals surface area contributed by atoms with Crippen molar-refractivity contribution in [1.82, 2.24) is 14.5 Å². The molecule has 1 aromatic carbocycles. The Labute approximate surface area is 86.9 Å². The maximum absolute atomic E-state index is 11.6. The summed E-state index contributed by atoms with van der Waals surface area (Å²) < 4.78 is 2.71. The Morgan fingerprint density at radius 3 is 2.47 bits per heavy atom. The molecule has 0 radical (unpaired) electrons. The van der Waals surface area contributed by atoms with Crippen LogP contribution in [0.3, 0.4) is 0 Å². The number of aryl methyl sites for hydroxylation is 2. The molecule has 78 valence electrons. The van der Waals surface area contributed by atoms with Crippen LogP contribution in [-0.2, 0) is 7.05 Å². The third-order valence-corrected chi connectivity index (χ3v) is 2.10. The molecular weight excluding hydrogens is 192 g/mol. The Morgan fingerprint density at radius 1 is 1.27 bits per heavy atom. The number of benzene rings is 1. The van der Waals surface area contributed by atoms with E-state index in [0.717, 1.165) is 5.69 Å². The minimum atomic E-state index is -0.184. The van der Waals surface area contributed by atoms with E-state index in [4.69, 9.17) is 0 Å². The minimum absolute atomic E-state index is 0.184. The molecule has 0 aliphatic carbocycles. The predicted molar refractivity (Wildman–Crippen MR) is 57.7 cm³/mol. The monoisotopic (exact) mass is 204 g/mol. The third kappa shape index (κ3) is 1.76. The normalized spacial score (nSPS) is 10.3. The van der Waals surface area contributed by atoms with Gasteiger partial charge in [-0.2, -0.15) is 9.77 Å². The summed E-state index contributed by atoms with van der Waals surface area (Å²) >= 11 is 0. The van der Waals surface area contributed by atoms with E-state index in [1.54, 1.807) is 14.0 Å². The quantitative estimate of drug-likeness (QED) is 0.786. The van der Waals surface area contributed by atoms with Crippen molar-refractivity contribution in [3.05, 3.63) is 46.6 Å². The average molecular weight is 204 g/mol. The summed E-state index contributed by atoms with van der Waals surface area (Å²) in [6, 6.07) is 9.50. The highest BCUT2D eigenvalue weighted by molar-refractivity contribution is 5.42. The molecule has 2 rings (SSSR count). The number of para-hydroxylation sites is 1. The summed E-state index contributed by atoms with van der Waals surface area (Å²) in [7, 11) is 1.62. The SMILES string of the molecule is Cc1nn(C)c(=O)n1Nc1ccccc1. The molecule has 2 aromatic rings. The molecule has 0 fully saturated rings. The summed E-state index contributed by atoms with van der Waals surface area (Å²) in [5.74, 6) is 0.631. The van der Waals surface area contributed by atoms with Crippen molar-refractivity contribution in [3.63, 3.8) is 0 Å². The second-order valence-corrected chi connectivity index (χ2v) is 3.27. The van der Waals surface area contributed by atoms with Crippen LogP contribution in [0.1, 0.15) is 5.82 Å². The van der Waals surface area contributed by atoms with Gasteiger partial charge >= 0.3 is 5.69 Å². The first-order valence-electron chi connectivity index (χ1n) is 4.63. The van der Waals surface area contributed by atoms with Gasteiger partial charge in [0.05, 0.1) is 5.69 Å². The zero-order chi connectivity index (χ0) is 10.8. The van der Waals surface area contributed by atoms with E-state index in [2.05, 4.69) is 10.5 Å². The molecule has 0 unspecified atom stereocenters.